The lowest BCUT2D eigenvalue weighted by molar-refractivity contribution is -0.160. The van der Waals surface area contributed by atoms with E-state index in [9.17, 15) is 9.59 Å². The van der Waals surface area contributed by atoms with Crippen molar-refractivity contribution in [3.8, 4) is 0 Å². The fourth-order valence-corrected chi connectivity index (χ4v) is 2.58. The van der Waals surface area contributed by atoms with E-state index in [0.717, 1.165) is 32.2 Å². The second-order valence-electron chi connectivity index (χ2n) is 4.77. The first-order valence-corrected chi connectivity index (χ1v) is 6.36. The van der Waals surface area contributed by atoms with E-state index in [2.05, 4.69) is 0 Å². The molecule has 2 aliphatic rings. The number of carbonyl (C=O) groups excluding carboxylic acids is 2. The van der Waals surface area contributed by atoms with Gasteiger partial charge >= 0.3 is 12.0 Å². The summed E-state index contributed by atoms with van der Waals surface area (Å²) >= 11 is 0. The Bertz CT molecular complexity index is 319. The molecular weight excluding hydrogens is 220 g/mol. The van der Waals surface area contributed by atoms with Crippen LogP contribution in [0, 0.1) is 0 Å². The molecule has 17 heavy (non-hydrogen) atoms. The minimum Gasteiger partial charge on any atom is -0.441 e. The smallest absolute Gasteiger partial charge is 0.322 e. The zero-order chi connectivity index (χ0) is 12.4. The maximum Gasteiger partial charge on any atom is 0.322 e. The number of nitrogens with zero attached hydrogens (tertiary/aromatic N) is 2. The molecule has 0 aromatic carbocycles. The summed E-state index contributed by atoms with van der Waals surface area (Å²) in [5, 5.41) is 0. The zero-order valence-corrected chi connectivity index (χ0v) is 10.5. The fourth-order valence-electron chi connectivity index (χ4n) is 2.58. The number of piperidine rings is 1. The maximum atomic E-state index is 12.1. The maximum absolute atomic E-state index is 12.1. The molecule has 0 aliphatic carbocycles. The van der Waals surface area contributed by atoms with Crippen molar-refractivity contribution in [3.63, 3.8) is 0 Å². The highest BCUT2D eigenvalue weighted by molar-refractivity contribution is 5.76. The fraction of sp³-hybridized carbons (Fsp3) is 0.833. The monoisotopic (exact) mass is 240 g/mol. The average molecular weight is 240 g/mol. The van der Waals surface area contributed by atoms with Gasteiger partial charge in [0.05, 0.1) is 0 Å². The van der Waals surface area contributed by atoms with E-state index in [1.54, 1.807) is 18.9 Å². The quantitative estimate of drug-likeness (QED) is 0.688. The van der Waals surface area contributed by atoms with Crippen LogP contribution >= 0.6 is 0 Å². The van der Waals surface area contributed by atoms with Crippen LogP contribution in [0.25, 0.3) is 0 Å². The minimum absolute atomic E-state index is 0.00477. The molecule has 2 fully saturated rings. The number of amides is 2. The van der Waals surface area contributed by atoms with Gasteiger partial charge in [-0.1, -0.05) is 6.92 Å². The normalized spacial score (nSPS) is 28.9. The predicted molar refractivity (Wildman–Crippen MR) is 62.3 cm³/mol. The van der Waals surface area contributed by atoms with Crippen LogP contribution in [-0.2, 0) is 9.53 Å². The molecule has 96 valence electrons. The van der Waals surface area contributed by atoms with Crippen molar-refractivity contribution in [2.24, 2.45) is 0 Å². The molecule has 2 amide bonds. The van der Waals surface area contributed by atoms with E-state index in [0.29, 0.717) is 6.42 Å². The molecular formula is C12H20N2O3. The zero-order valence-electron chi connectivity index (χ0n) is 10.5. The van der Waals surface area contributed by atoms with Gasteiger partial charge < -0.3 is 9.64 Å². The number of hydrogen-bond donors (Lipinski definition) is 0. The van der Waals surface area contributed by atoms with E-state index >= 15 is 0 Å². The number of urea groups is 1. The number of fused-ring (bicyclic) bond motifs is 1. The van der Waals surface area contributed by atoms with Crippen molar-refractivity contribution >= 4 is 12.0 Å². The number of hydrogen-bond acceptors (Lipinski definition) is 3. The first-order chi connectivity index (χ1) is 8.13. The van der Waals surface area contributed by atoms with Crippen LogP contribution in [0.3, 0.4) is 0 Å². The molecule has 5 heteroatoms. The van der Waals surface area contributed by atoms with Gasteiger partial charge in [0, 0.05) is 32.5 Å². The molecule has 2 heterocycles. The minimum atomic E-state index is -0.380. The number of rotatable bonds is 2. The standard InChI is InChI=1S/C12H20N2O3/c1-3-11(15)17-10-8-9-6-4-5-7-14(9)12(16)13(10)2/h9-10H,3-8H2,1-2H3. The highest BCUT2D eigenvalue weighted by Gasteiger charge is 2.40. The Balaban J connectivity index is 2.04. The average Bonchev–Trinajstić information content (AvgIpc) is 2.35. The molecule has 0 bridgehead atoms. The summed E-state index contributed by atoms with van der Waals surface area (Å²) in [5.41, 5.74) is 0. The van der Waals surface area contributed by atoms with Crippen molar-refractivity contribution in [1.29, 1.82) is 0 Å². The summed E-state index contributed by atoms with van der Waals surface area (Å²) in [6, 6.07) is 0.247. The highest BCUT2D eigenvalue weighted by atomic mass is 16.6. The van der Waals surface area contributed by atoms with Crippen molar-refractivity contribution in [3.05, 3.63) is 0 Å². The molecule has 2 unspecified atom stereocenters. The van der Waals surface area contributed by atoms with Crippen LogP contribution in [0.5, 0.6) is 0 Å². The van der Waals surface area contributed by atoms with Crippen LogP contribution in [0.15, 0.2) is 0 Å². The third-order valence-electron chi connectivity index (χ3n) is 3.64. The molecule has 5 nitrogen and oxygen atoms in total. The van der Waals surface area contributed by atoms with E-state index in [4.69, 9.17) is 4.74 Å². The lowest BCUT2D eigenvalue weighted by Crippen LogP contribution is -2.59. The lowest BCUT2D eigenvalue weighted by atomic mass is 9.97. The summed E-state index contributed by atoms with van der Waals surface area (Å²) < 4.78 is 5.31. The molecule has 2 saturated heterocycles. The van der Waals surface area contributed by atoms with E-state index in [-0.39, 0.29) is 24.3 Å². The van der Waals surface area contributed by atoms with Crippen LogP contribution in [-0.4, -0.2) is 47.7 Å². The van der Waals surface area contributed by atoms with Crippen LogP contribution in [0.1, 0.15) is 39.0 Å². The van der Waals surface area contributed by atoms with Gasteiger partial charge in [-0.15, -0.1) is 0 Å². The van der Waals surface area contributed by atoms with E-state index < -0.39 is 0 Å². The van der Waals surface area contributed by atoms with Gasteiger partial charge in [0.15, 0.2) is 6.23 Å². The molecule has 0 aromatic rings. The van der Waals surface area contributed by atoms with Gasteiger partial charge in [0.2, 0.25) is 0 Å². The van der Waals surface area contributed by atoms with Crippen LogP contribution in [0.2, 0.25) is 0 Å². The summed E-state index contributed by atoms with van der Waals surface area (Å²) in [5.74, 6) is -0.237. The molecule has 0 N–H and O–H groups in total. The van der Waals surface area contributed by atoms with Crippen LogP contribution < -0.4 is 0 Å². The highest BCUT2D eigenvalue weighted by Crippen LogP contribution is 2.28. The van der Waals surface area contributed by atoms with Gasteiger partial charge in [0.1, 0.15) is 0 Å². The summed E-state index contributed by atoms with van der Waals surface area (Å²) in [4.78, 5) is 26.9. The topological polar surface area (TPSA) is 49.9 Å². The van der Waals surface area contributed by atoms with E-state index in [1.807, 2.05) is 4.90 Å². The largest absolute Gasteiger partial charge is 0.441 e. The summed E-state index contributed by atoms with van der Waals surface area (Å²) in [6.45, 7) is 2.60. The van der Waals surface area contributed by atoms with E-state index in [1.165, 1.54) is 0 Å². The lowest BCUT2D eigenvalue weighted by Gasteiger charge is -2.46. The van der Waals surface area contributed by atoms with Crippen LogP contribution in [0.4, 0.5) is 4.79 Å². The predicted octanol–water partition coefficient (Wildman–Crippen LogP) is 1.58. The van der Waals surface area contributed by atoms with Gasteiger partial charge in [-0.25, -0.2) is 4.79 Å². The Morgan fingerprint density at radius 3 is 2.94 bits per heavy atom. The second kappa shape index (κ2) is 4.94. The van der Waals surface area contributed by atoms with Gasteiger partial charge in [0.25, 0.3) is 0 Å². The van der Waals surface area contributed by atoms with Gasteiger partial charge in [-0.3, -0.25) is 9.69 Å². The van der Waals surface area contributed by atoms with Crippen molar-refractivity contribution in [2.45, 2.75) is 51.3 Å². The van der Waals surface area contributed by atoms with Crippen molar-refractivity contribution < 1.29 is 14.3 Å². The Labute approximate surface area is 102 Å². The summed E-state index contributed by atoms with van der Waals surface area (Å²) in [6.07, 6.45) is 3.98. The summed E-state index contributed by atoms with van der Waals surface area (Å²) in [7, 11) is 1.71. The third-order valence-corrected chi connectivity index (χ3v) is 3.64. The number of esters is 1. The molecule has 0 aromatic heterocycles. The first-order valence-electron chi connectivity index (χ1n) is 6.36. The van der Waals surface area contributed by atoms with Gasteiger partial charge in [-0.2, -0.15) is 0 Å². The third kappa shape index (κ3) is 2.37. The van der Waals surface area contributed by atoms with Crippen molar-refractivity contribution in [2.75, 3.05) is 13.6 Å². The Hall–Kier alpha value is -1.26. The second-order valence-corrected chi connectivity index (χ2v) is 4.77. The van der Waals surface area contributed by atoms with Gasteiger partial charge in [-0.05, 0) is 19.3 Å². The Morgan fingerprint density at radius 2 is 2.24 bits per heavy atom. The molecule has 2 rings (SSSR count). The SMILES string of the molecule is CCC(=O)OC1CC2CCCCN2C(=O)N1C. The molecule has 0 spiro atoms. The Kier molecular flexibility index (Phi) is 3.54. The molecule has 2 aliphatic heterocycles. The van der Waals surface area contributed by atoms with Crippen molar-refractivity contribution in [1.82, 2.24) is 9.80 Å². The number of ether oxygens (including phenoxy) is 1. The molecule has 0 saturated carbocycles. The first kappa shape index (κ1) is 12.2. The molecule has 2 atom stereocenters. The number of carbonyl (C=O) groups is 2. The Morgan fingerprint density at radius 1 is 1.47 bits per heavy atom. The molecule has 0 radical (unpaired) electrons.